The predicted molar refractivity (Wildman–Crippen MR) is 69.3 cm³/mol. The summed E-state index contributed by atoms with van der Waals surface area (Å²) in [6.07, 6.45) is 14.1. The van der Waals surface area contributed by atoms with Gasteiger partial charge in [0.1, 0.15) is 0 Å². The van der Waals surface area contributed by atoms with Crippen molar-refractivity contribution >= 4 is 11.8 Å². The Morgan fingerprint density at radius 3 is 2.07 bits per heavy atom. The zero-order valence-electron chi connectivity index (χ0n) is 9.79. The van der Waals surface area contributed by atoms with E-state index in [2.05, 4.69) is 11.8 Å². The fraction of sp³-hybridized carbons (Fsp3) is 1.00. The van der Waals surface area contributed by atoms with Crippen LogP contribution in [0.15, 0.2) is 0 Å². The van der Waals surface area contributed by atoms with Gasteiger partial charge in [0.05, 0.1) is 0 Å². The standard InChI is InChI=1S/C13H25NS/c14-12-9-3-1-2-4-10-13(12)15-11-7-5-6-8-11/h11-13H,1-10,14H2. The lowest BCUT2D eigenvalue weighted by atomic mass is 9.97. The van der Waals surface area contributed by atoms with E-state index in [1.54, 1.807) is 0 Å². The molecule has 2 heteroatoms. The van der Waals surface area contributed by atoms with Gasteiger partial charge in [-0.15, -0.1) is 0 Å². The lowest BCUT2D eigenvalue weighted by Gasteiger charge is -2.28. The van der Waals surface area contributed by atoms with Crippen LogP contribution in [-0.4, -0.2) is 16.5 Å². The Labute approximate surface area is 98.6 Å². The summed E-state index contributed by atoms with van der Waals surface area (Å²) in [5, 5.41) is 1.72. The third kappa shape index (κ3) is 3.67. The monoisotopic (exact) mass is 227 g/mol. The molecule has 0 amide bonds. The van der Waals surface area contributed by atoms with Gasteiger partial charge in [-0.1, -0.05) is 38.5 Å². The SMILES string of the molecule is NC1CCCCCCC1SC1CCCC1. The van der Waals surface area contributed by atoms with Crippen molar-refractivity contribution < 1.29 is 0 Å². The van der Waals surface area contributed by atoms with Crippen LogP contribution in [0, 0.1) is 0 Å². The number of thioether (sulfide) groups is 1. The molecule has 2 fully saturated rings. The van der Waals surface area contributed by atoms with Crippen LogP contribution in [0.4, 0.5) is 0 Å². The summed E-state index contributed by atoms with van der Waals surface area (Å²) in [5.41, 5.74) is 6.31. The van der Waals surface area contributed by atoms with E-state index in [4.69, 9.17) is 5.73 Å². The van der Waals surface area contributed by atoms with Gasteiger partial charge >= 0.3 is 0 Å². The second kappa shape index (κ2) is 6.15. The molecular weight excluding hydrogens is 202 g/mol. The second-order valence-electron chi connectivity index (χ2n) is 5.24. The highest BCUT2D eigenvalue weighted by Gasteiger charge is 2.25. The summed E-state index contributed by atoms with van der Waals surface area (Å²) in [6.45, 7) is 0. The summed E-state index contributed by atoms with van der Waals surface area (Å²) < 4.78 is 0. The van der Waals surface area contributed by atoms with Crippen molar-refractivity contribution in [3.05, 3.63) is 0 Å². The van der Waals surface area contributed by atoms with Gasteiger partial charge in [-0.25, -0.2) is 0 Å². The van der Waals surface area contributed by atoms with Crippen molar-refractivity contribution in [2.45, 2.75) is 80.7 Å². The quantitative estimate of drug-likeness (QED) is 0.778. The molecule has 2 saturated carbocycles. The number of hydrogen-bond acceptors (Lipinski definition) is 2. The molecule has 0 spiro atoms. The first-order chi connectivity index (χ1) is 7.36. The molecule has 2 aliphatic carbocycles. The van der Waals surface area contributed by atoms with Crippen molar-refractivity contribution in [1.82, 2.24) is 0 Å². The van der Waals surface area contributed by atoms with Crippen molar-refractivity contribution in [3.8, 4) is 0 Å². The molecule has 15 heavy (non-hydrogen) atoms. The van der Waals surface area contributed by atoms with Crippen molar-refractivity contribution in [2.75, 3.05) is 0 Å². The number of hydrogen-bond donors (Lipinski definition) is 1. The average Bonchev–Trinajstić information content (AvgIpc) is 2.70. The van der Waals surface area contributed by atoms with E-state index in [0.717, 1.165) is 10.5 Å². The fourth-order valence-electron chi connectivity index (χ4n) is 2.92. The Bertz CT molecular complexity index is 177. The first-order valence-corrected chi connectivity index (χ1v) is 7.71. The number of rotatable bonds is 2. The maximum atomic E-state index is 6.31. The first kappa shape index (κ1) is 11.8. The summed E-state index contributed by atoms with van der Waals surface area (Å²) in [7, 11) is 0. The van der Waals surface area contributed by atoms with E-state index in [9.17, 15) is 0 Å². The smallest absolute Gasteiger partial charge is 0.0201 e. The van der Waals surface area contributed by atoms with Crippen LogP contribution in [0.5, 0.6) is 0 Å². The molecule has 2 unspecified atom stereocenters. The van der Waals surface area contributed by atoms with Gasteiger partial charge in [0, 0.05) is 16.5 Å². The maximum Gasteiger partial charge on any atom is 0.0201 e. The van der Waals surface area contributed by atoms with Gasteiger partial charge in [-0.05, 0) is 25.7 Å². The molecule has 0 aliphatic heterocycles. The normalized spacial score (nSPS) is 35.0. The molecule has 0 aromatic carbocycles. The Balaban J connectivity index is 1.80. The van der Waals surface area contributed by atoms with Gasteiger partial charge in [0.25, 0.3) is 0 Å². The van der Waals surface area contributed by atoms with Gasteiger partial charge in [0.2, 0.25) is 0 Å². The van der Waals surface area contributed by atoms with Crippen LogP contribution in [0.3, 0.4) is 0 Å². The fourth-order valence-corrected chi connectivity index (χ4v) is 4.66. The van der Waals surface area contributed by atoms with Crippen molar-refractivity contribution in [1.29, 1.82) is 0 Å². The van der Waals surface area contributed by atoms with E-state index in [1.807, 2.05) is 0 Å². The van der Waals surface area contributed by atoms with Crippen LogP contribution in [0.1, 0.15) is 64.2 Å². The predicted octanol–water partition coefficient (Wildman–Crippen LogP) is 3.71. The highest BCUT2D eigenvalue weighted by Crippen LogP contribution is 2.36. The molecular formula is C13H25NS. The Morgan fingerprint density at radius 1 is 0.733 bits per heavy atom. The molecule has 0 bridgehead atoms. The summed E-state index contributed by atoms with van der Waals surface area (Å²) in [6, 6.07) is 0.482. The minimum Gasteiger partial charge on any atom is -0.327 e. The Morgan fingerprint density at radius 2 is 1.33 bits per heavy atom. The highest BCUT2D eigenvalue weighted by molar-refractivity contribution is 8.00. The highest BCUT2D eigenvalue weighted by atomic mass is 32.2. The van der Waals surface area contributed by atoms with Gasteiger partial charge in [-0.2, -0.15) is 11.8 Å². The molecule has 88 valence electrons. The van der Waals surface area contributed by atoms with E-state index >= 15 is 0 Å². The Kier molecular flexibility index (Phi) is 4.83. The van der Waals surface area contributed by atoms with Crippen LogP contribution in [0.2, 0.25) is 0 Å². The van der Waals surface area contributed by atoms with Gasteiger partial charge in [0.15, 0.2) is 0 Å². The minimum absolute atomic E-state index is 0.482. The van der Waals surface area contributed by atoms with Gasteiger partial charge < -0.3 is 5.73 Å². The molecule has 2 atom stereocenters. The lowest BCUT2D eigenvalue weighted by molar-refractivity contribution is 0.462. The zero-order chi connectivity index (χ0) is 10.5. The largest absolute Gasteiger partial charge is 0.327 e. The van der Waals surface area contributed by atoms with Crippen LogP contribution in [0.25, 0.3) is 0 Å². The van der Waals surface area contributed by atoms with Gasteiger partial charge in [-0.3, -0.25) is 0 Å². The second-order valence-corrected chi connectivity index (χ2v) is 6.78. The van der Waals surface area contributed by atoms with Crippen molar-refractivity contribution in [2.24, 2.45) is 5.73 Å². The summed E-state index contributed by atoms with van der Waals surface area (Å²) >= 11 is 2.23. The molecule has 2 aliphatic rings. The molecule has 2 N–H and O–H groups in total. The molecule has 0 aromatic heterocycles. The summed E-state index contributed by atoms with van der Waals surface area (Å²) in [4.78, 5) is 0. The minimum atomic E-state index is 0.482. The third-order valence-corrected chi connectivity index (χ3v) is 5.71. The molecule has 2 rings (SSSR count). The topological polar surface area (TPSA) is 26.0 Å². The molecule has 0 aromatic rings. The van der Waals surface area contributed by atoms with Crippen LogP contribution >= 0.6 is 11.8 Å². The van der Waals surface area contributed by atoms with E-state index < -0.39 is 0 Å². The maximum absolute atomic E-state index is 6.31. The lowest BCUT2D eigenvalue weighted by Crippen LogP contribution is -2.34. The van der Waals surface area contributed by atoms with E-state index in [1.165, 1.54) is 64.2 Å². The molecule has 0 saturated heterocycles. The Hall–Kier alpha value is 0.310. The van der Waals surface area contributed by atoms with Crippen LogP contribution in [-0.2, 0) is 0 Å². The third-order valence-electron chi connectivity index (χ3n) is 3.92. The average molecular weight is 227 g/mol. The summed E-state index contributed by atoms with van der Waals surface area (Å²) in [5.74, 6) is 0. The molecule has 0 heterocycles. The van der Waals surface area contributed by atoms with E-state index in [0.29, 0.717) is 6.04 Å². The van der Waals surface area contributed by atoms with Crippen LogP contribution < -0.4 is 5.73 Å². The first-order valence-electron chi connectivity index (χ1n) is 6.77. The molecule has 0 radical (unpaired) electrons. The van der Waals surface area contributed by atoms with E-state index in [-0.39, 0.29) is 0 Å². The zero-order valence-corrected chi connectivity index (χ0v) is 10.6. The number of nitrogens with two attached hydrogens (primary N) is 1. The molecule has 1 nitrogen and oxygen atoms in total. The van der Waals surface area contributed by atoms with Crippen molar-refractivity contribution in [3.63, 3.8) is 0 Å².